The maximum absolute atomic E-state index is 11.2. The Kier molecular flexibility index (Phi) is 4.78. The molecule has 0 aliphatic rings. The van der Waals surface area contributed by atoms with Crippen molar-refractivity contribution in [3.05, 3.63) is 35.9 Å². The fourth-order valence-electron chi connectivity index (χ4n) is 2.50. The quantitative estimate of drug-likeness (QED) is 0.836. The first-order valence-corrected chi connectivity index (χ1v) is 7.40. The number of aromatic carboxylic acids is 1. The molecular weight excluding hydrogens is 264 g/mol. The number of aromatic nitrogens is 1. The monoisotopic (exact) mass is 286 g/mol. The third-order valence-corrected chi connectivity index (χ3v) is 3.81. The largest absolute Gasteiger partial charge is 0.478 e. The number of anilines is 1. The van der Waals surface area contributed by atoms with Gasteiger partial charge in [-0.3, -0.25) is 0 Å². The standard InChI is InChI=1S/C17H22N2O2/c1-4-11(2)10-12(3)18-16-9-8-13-14(17(20)21)6-5-7-15(13)19-16/h5-9,11-12H,4,10H2,1-3H3,(H,18,19)(H,20,21). The van der Waals surface area contributed by atoms with Crippen molar-refractivity contribution in [1.82, 2.24) is 4.98 Å². The van der Waals surface area contributed by atoms with Crippen LogP contribution in [0.15, 0.2) is 30.3 Å². The van der Waals surface area contributed by atoms with Crippen molar-refractivity contribution in [2.24, 2.45) is 5.92 Å². The first-order chi connectivity index (χ1) is 10.0. The molecule has 1 aromatic carbocycles. The summed E-state index contributed by atoms with van der Waals surface area (Å²) >= 11 is 0. The number of hydrogen-bond acceptors (Lipinski definition) is 3. The lowest BCUT2D eigenvalue weighted by molar-refractivity contribution is 0.0699. The molecule has 0 spiro atoms. The van der Waals surface area contributed by atoms with Gasteiger partial charge in [-0.05, 0) is 43.5 Å². The lowest BCUT2D eigenvalue weighted by atomic mass is 10.0. The third-order valence-electron chi connectivity index (χ3n) is 3.81. The van der Waals surface area contributed by atoms with Crippen LogP contribution in [-0.2, 0) is 0 Å². The molecule has 2 N–H and O–H groups in total. The van der Waals surface area contributed by atoms with Gasteiger partial charge in [-0.1, -0.05) is 26.3 Å². The smallest absolute Gasteiger partial charge is 0.336 e. The first kappa shape index (κ1) is 15.3. The molecule has 4 nitrogen and oxygen atoms in total. The Bertz CT molecular complexity index is 640. The normalized spacial score (nSPS) is 13.9. The zero-order valence-corrected chi connectivity index (χ0v) is 12.8. The van der Waals surface area contributed by atoms with Crippen molar-refractivity contribution in [2.75, 3.05) is 5.32 Å². The highest BCUT2D eigenvalue weighted by Crippen LogP contribution is 2.21. The average molecular weight is 286 g/mol. The summed E-state index contributed by atoms with van der Waals surface area (Å²) < 4.78 is 0. The lowest BCUT2D eigenvalue weighted by Gasteiger charge is -2.18. The van der Waals surface area contributed by atoms with Crippen molar-refractivity contribution >= 4 is 22.7 Å². The minimum absolute atomic E-state index is 0.291. The van der Waals surface area contributed by atoms with Crippen molar-refractivity contribution in [3.63, 3.8) is 0 Å². The summed E-state index contributed by atoms with van der Waals surface area (Å²) in [5, 5.41) is 13.2. The van der Waals surface area contributed by atoms with Crippen LogP contribution in [-0.4, -0.2) is 22.1 Å². The topological polar surface area (TPSA) is 62.2 Å². The van der Waals surface area contributed by atoms with Crippen LogP contribution in [0.25, 0.3) is 10.9 Å². The number of nitrogens with zero attached hydrogens (tertiary/aromatic N) is 1. The number of fused-ring (bicyclic) bond motifs is 1. The number of pyridine rings is 1. The summed E-state index contributed by atoms with van der Waals surface area (Å²) in [4.78, 5) is 15.7. The molecule has 2 aromatic rings. The molecule has 112 valence electrons. The molecule has 0 radical (unpaired) electrons. The molecule has 21 heavy (non-hydrogen) atoms. The highest BCUT2D eigenvalue weighted by Gasteiger charge is 2.11. The molecule has 1 aromatic heterocycles. The van der Waals surface area contributed by atoms with Crippen LogP contribution in [0.4, 0.5) is 5.82 Å². The van der Waals surface area contributed by atoms with E-state index in [1.165, 1.54) is 6.42 Å². The second kappa shape index (κ2) is 6.57. The van der Waals surface area contributed by atoms with Gasteiger partial charge in [0.05, 0.1) is 11.1 Å². The summed E-state index contributed by atoms with van der Waals surface area (Å²) in [5.74, 6) is 0.542. The molecule has 0 saturated heterocycles. The van der Waals surface area contributed by atoms with Gasteiger partial charge in [0, 0.05) is 11.4 Å². The second-order valence-electron chi connectivity index (χ2n) is 5.67. The van der Waals surface area contributed by atoms with Gasteiger partial charge < -0.3 is 10.4 Å². The molecule has 2 atom stereocenters. The number of rotatable bonds is 6. The van der Waals surface area contributed by atoms with Crippen LogP contribution >= 0.6 is 0 Å². The third kappa shape index (κ3) is 3.72. The minimum Gasteiger partial charge on any atom is -0.478 e. The van der Waals surface area contributed by atoms with E-state index in [2.05, 4.69) is 31.1 Å². The molecule has 0 saturated carbocycles. The summed E-state index contributed by atoms with van der Waals surface area (Å²) in [6.07, 6.45) is 2.25. The number of carboxylic acid groups (broad SMARTS) is 1. The van der Waals surface area contributed by atoms with E-state index in [0.29, 0.717) is 28.4 Å². The fraction of sp³-hybridized carbons (Fsp3) is 0.412. The number of hydrogen-bond donors (Lipinski definition) is 2. The highest BCUT2D eigenvalue weighted by molar-refractivity contribution is 6.02. The molecule has 0 amide bonds. The van der Waals surface area contributed by atoms with Crippen LogP contribution in [0.5, 0.6) is 0 Å². The van der Waals surface area contributed by atoms with Gasteiger partial charge in [0.2, 0.25) is 0 Å². The highest BCUT2D eigenvalue weighted by atomic mass is 16.4. The van der Waals surface area contributed by atoms with Crippen LogP contribution in [0.2, 0.25) is 0 Å². The Labute approximate surface area is 125 Å². The van der Waals surface area contributed by atoms with Gasteiger partial charge in [0.1, 0.15) is 5.82 Å². The summed E-state index contributed by atoms with van der Waals surface area (Å²) in [6.45, 7) is 6.58. The van der Waals surface area contributed by atoms with E-state index >= 15 is 0 Å². The van der Waals surface area contributed by atoms with E-state index in [-0.39, 0.29) is 0 Å². The molecule has 4 heteroatoms. The van der Waals surface area contributed by atoms with Crippen molar-refractivity contribution < 1.29 is 9.90 Å². The molecule has 2 unspecified atom stereocenters. The average Bonchev–Trinajstić information content (AvgIpc) is 2.45. The summed E-state index contributed by atoms with van der Waals surface area (Å²) in [6, 6.07) is 9.18. The lowest BCUT2D eigenvalue weighted by Crippen LogP contribution is -2.18. The number of nitrogens with one attached hydrogen (secondary N) is 1. The Balaban J connectivity index is 2.22. The number of carboxylic acids is 1. The summed E-state index contributed by atoms with van der Waals surface area (Å²) in [7, 11) is 0. The Morgan fingerprint density at radius 2 is 2.05 bits per heavy atom. The molecular formula is C17H22N2O2. The number of benzene rings is 1. The maximum Gasteiger partial charge on any atom is 0.336 e. The molecule has 1 heterocycles. The van der Waals surface area contributed by atoms with Crippen LogP contribution in [0.1, 0.15) is 44.0 Å². The predicted molar refractivity (Wildman–Crippen MR) is 85.9 cm³/mol. The molecule has 2 rings (SSSR count). The first-order valence-electron chi connectivity index (χ1n) is 7.40. The Morgan fingerprint density at radius 1 is 1.29 bits per heavy atom. The van der Waals surface area contributed by atoms with E-state index in [0.717, 1.165) is 12.2 Å². The molecule has 0 bridgehead atoms. The van der Waals surface area contributed by atoms with Crippen molar-refractivity contribution in [2.45, 2.75) is 39.7 Å². The van der Waals surface area contributed by atoms with E-state index in [1.54, 1.807) is 12.1 Å². The van der Waals surface area contributed by atoms with Crippen LogP contribution < -0.4 is 5.32 Å². The van der Waals surface area contributed by atoms with Crippen molar-refractivity contribution in [1.29, 1.82) is 0 Å². The maximum atomic E-state index is 11.2. The molecule has 0 fully saturated rings. The molecule has 0 aliphatic carbocycles. The van der Waals surface area contributed by atoms with Crippen molar-refractivity contribution in [3.8, 4) is 0 Å². The second-order valence-corrected chi connectivity index (χ2v) is 5.67. The van der Waals surface area contributed by atoms with Gasteiger partial charge in [-0.2, -0.15) is 0 Å². The minimum atomic E-state index is -0.923. The SMILES string of the molecule is CCC(C)CC(C)Nc1ccc2c(C(=O)O)cccc2n1. The van der Waals surface area contributed by atoms with E-state index in [4.69, 9.17) is 0 Å². The Morgan fingerprint density at radius 3 is 2.71 bits per heavy atom. The number of carbonyl (C=O) groups is 1. The Hall–Kier alpha value is -2.10. The van der Waals surface area contributed by atoms with E-state index in [1.807, 2.05) is 18.2 Å². The van der Waals surface area contributed by atoms with E-state index in [9.17, 15) is 9.90 Å². The predicted octanol–water partition coefficient (Wildman–Crippen LogP) is 4.17. The van der Waals surface area contributed by atoms with Gasteiger partial charge in [0.25, 0.3) is 0 Å². The molecule has 0 aliphatic heterocycles. The van der Waals surface area contributed by atoms with Crippen LogP contribution in [0, 0.1) is 5.92 Å². The van der Waals surface area contributed by atoms with Gasteiger partial charge in [0.15, 0.2) is 0 Å². The van der Waals surface area contributed by atoms with Gasteiger partial charge in [-0.25, -0.2) is 9.78 Å². The van der Waals surface area contributed by atoms with Crippen LogP contribution in [0.3, 0.4) is 0 Å². The van der Waals surface area contributed by atoms with Gasteiger partial charge in [-0.15, -0.1) is 0 Å². The fourth-order valence-corrected chi connectivity index (χ4v) is 2.50. The zero-order chi connectivity index (χ0) is 15.4. The zero-order valence-electron chi connectivity index (χ0n) is 12.8. The van der Waals surface area contributed by atoms with E-state index < -0.39 is 5.97 Å². The van der Waals surface area contributed by atoms with Gasteiger partial charge >= 0.3 is 5.97 Å². The summed E-state index contributed by atoms with van der Waals surface area (Å²) in [5.41, 5.74) is 0.995.